The van der Waals surface area contributed by atoms with Crippen molar-refractivity contribution in [3.63, 3.8) is 0 Å². The van der Waals surface area contributed by atoms with E-state index in [2.05, 4.69) is 10.6 Å². The largest absolute Gasteiger partial charge is 0.396 e. The molecule has 1 unspecified atom stereocenters. The van der Waals surface area contributed by atoms with Crippen molar-refractivity contribution in [3.8, 4) is 0 Å². The third-order valence-electron chi connectivity index (χ3n) is 2.58. The molecule has 0 aromatic carbocycles. The highest BCUT2D eigenvalue weighted by atomic mass is 16.3. The highest BCUT2D eigenvalue weighted by molar-refractivity contribution is 5.76. The number of rotatable bonds is 8. The van der Waals surface area contributed by atoms with E-state index in [1.807, 2.05) is 27.7 Å². The average molecular weight is 230 g/mol. The van der Waals surface area contributed by atoms with Crippen molar-refractivity contribution in [1.29, 1.82) is 0 Å². The lowest BCUT2D eigenvalue weighted by molar-refractivity contribution is -0.121. The molecule has 0 bridgehead atoms. The Balaban J connectivity index is 3.56. The molecule has 3 N–H and O–H groups in total. The highest BCUT2D eigenvalue weighted by Crippen LogP contribution is 2.10. The van der Waals surface area contributed by atoms with Crippen LogP contribution >= 0.6 is 0 Å². The maximum Gasteiger partial charge on any atom is 0.221 e. The number of nitrogens with one attached hydrogen (secondary N) is 2. The van der Waals surface area contributed by atoms with Gasteiger partial charge in [0, 0.05) is 37.6 Å². The number of carbonyl (C=O) groups excluding carboxylic acids is 1. The van der Waals surface area contributed by atoms with E-state index >= 15 is 0 Å². The first-order valence-corrected chi connectivity index (χ1v) is 6.02. The SMILES string of the molecule is CCC(C)NC(=O)CCNCC(C)(C)CO. The van der Waals surface area contributed by atoms with E-state index in [1.54, 1.807) is 0 Å². The zero-order valence-corrected chi connectivity index (χ0v) is 11.0. The van der Waals surface area contributed by atoms with Crippen molar-refractivity contribution >= 4 is 5.91 Å². The summed E-state index contributed by atoms with van der Waals surface area (Å²) in [5, 5.41) is 15.1. The minimum absolute atomic E-state index is 0.0867. The number of hydrogen-bond acceptors (Lipinski definition) is 3. The van der Waals surface area contributed by atoms with Gasteiger partial charge in [-0.3, -0.25) is 4.79 Å². The summed E-state index contributed by atoms with van der Waals surface area (Å²) in [6.07, 6.45) is 1.45. The zero-order chi connectivity index (χ0) is 12.6. The molecule has 0 saturated carbocycles. The van der Waals surface area contributed by atoms with Gasteiger partial charge in [-0.15, -0.1) is 0 Å². The Labute approximate surface area is 98.8 Å². The summed E-state index contributed by atoms with van der Waals surface area (Å²) in [5.41, 5.74) is -0.118. The van der Waals surface area contributed by atoms with Crippen molar-refractivity contribution in [2.45, 2.75) is 46.6 Å². The first-order chi connectivity index (χ1) is 7.41. The molecule has 0 spiro atoms. The molecule has 1 amide bonds. The minimum Gasteiger partial charge on any atom is -0.396 e. The molecule has 0 aromatic rings. The van der Waals surface area contributed by atoms with Gasteiger partial charge in [0.1, 0.15) is 0 Å². The zero-order valence-electron chi connectivity index (χ0n) is 11.0. The van der Waals surface area contributed by atoms with Gasteiger partial charge in [0.2, 0.25) is 5.91 Å². The Bertz CT molecular complexity index is 205. The van der Waals surface area contributed by atoms with Crippen LogP contribution in [-0.2, 0) is 4.79 Å². The maximum absolute atomic E-state index is 11.4. The molecule has 0 radical (unpaired) electrons. The number of aliphatic hydroxyl groups excluding tert-OH is 1. The summed E-state index contributed by atoms with van der Waals surface area (Å²) in [6.45, 7) is 9.55. The fourth-order valence-electron chi connectivity index (χ4n) is 1.13. The van der Waals surface area contributed by atoms with Crippen LogP contribution in [0.25, 0.3) is 0 Å². The molecule has 1 atom stereocenters. The molecule has 0 aliphatic carbocycles. The van der Waals surface area contributed by atoms with Gasteiger partial charge in [0.05, 0.1) is 0 Å². The summed E-state index contributed by atoms with van der Waals surface area (Å²) in [6, 6.07) is 0.251. The van der Waals surface area contributed by atoms with Gasteiger partial charge in [0.15, 0.2) is 0 Å². The van der Waals surface area contributed by atoms with Gasteiger partial charge in [-0.2, -0.15) is 0 Å². The van der Waals surface area contributed by atoms with E-state index in [4.69, 9.17) is 5.11 Å². The summed E-state index contributed by atoms with van der Waals surface area (Å²) in [5.74, 6) is 0.0867. The van der Waals surface area contributed by atoms with Gasteiger partial charge in [-0.05, 0) is 13.3 Å². The van der Waals surface area contributed by atoms with Gasteiger partial charge in [-0.1, -0.05) is 20.8 Å². The first kappa shape index (κ1) is 15.4. The molecule has 0 rings (SSSR count). The fourth-order valence-corrected chi connectivity index (χ4v) is 1.13. The smallest absolute Gasteiger partial charge is 0.221 e. The number of aliphatic hydroxyl groups is 1. The predicted molar refractivity (Wildman–Crippen MR) is 66.2 cm³/mol. The van der Waals surface area contributed by atoms with Crippen LogP contribution in [0.3, 0.4) is 0 Å². The van der Waals surface area contributed by atoms with Crippen LogP contribution in [0.15, 0.2) is 0 Å². The van der Waals surface area contributed by atoms with Crippen LogP contribution in [0.5, 0.6) is 0 Å². The maximum atomic E-state index is 11.4. The molecule has 0 heterocycles. The number of hydrogen-bond donors (Lipinski definition) is 3. The second-order valence-electron chi connectivity index (χ2n) is 5.13. The second kappa shape index (κ2) is 7.63. The lowest BCUT2D eigenvalue weighted by atomic mass is 9.95. The molecule has 0 aliphatic rings. The van der Waals surface area contributed by atoms with Gasteiger partial charge in [0.25, 0.3) is 0 Å². The Kier molecular flexibility index (Phi) is 7.34. The van der Waals surface area contributed by atoms with Crippen molar-refractivity contribution in [1.82, 2.24) is 10.6 Å². The molecular formula is C12H26N2O2. The average Bonchev–Trinajstić information content (AvgIpc) is 2.24. The normalized spacial score (nSPS) is 13.6. The van der Waals surface area contributed by atoms with Crippen LogP contribution in [0.4, 0.5) is 0 Å². The van der Waals surface area contributed by atoms with Crippen LogP contribution in [0.1, 0.15) is 40.5 Å². The quantitative estimate of drug-likeness (QED) is 0.543. The topological polar surface area (TPSA) is 61.4 Å². The third kappa shape index (κ3) is 7.65. The van der Waals surface area contributed by atoms with E-state index < -0.39 is 0 Å². The number of carbonyl (C=O) groups is 1. The molecule has 96 valence electrons. The number of amides is 1. The Morgan fingerprint density at radius 1 is 1.44 bits per heavy atom. The van der Waals surface area contributed by atoms with Crippen LogP contribution in [0.2, 0.25) is 0 Å². The van der Waals surface area contributed by atoms with E-state index in [9.17, 15) is 4.79 Å². The third-order valence-corrected chi connectivity index (χ3v) is 2.58. The van der Waals surface area contributed by atoms with Crippen molar-refractivity contribution in [2.24, 2.45) is 5.41 Å². The van der Waals surface area contributed by atoms with Crippen molar-refractivity contribution in [2.75, 3.05) is 19.7 Å². The summed E-state index contributed by atoms with van der Waals surface area (Å²) in [7, 11) is 0. The molecule has 0 fully saturated rings. The molecule has 0 aromatic heterocycles. The first-order valence-electron chi connectivity index (χ1n) is 6.02. The lowest BCUT2D eigenvalue weighted by Crippen LogP contribution is -2.37. The van der Waals surface area contributed by atoms with E-state index in [0.717, 1.165) is 13.0 Å². The Morgan fingerprint density at radius 3 is 2.56 bits per heavy atom. The van der Waals surface area contributed by atoms with Crippen LogP contribution in [0, 0.1) is 5.41 Å². The molecule has 0 aliphatic heterocycles. The summed E-state index contributed by atoms with van der Waals surface area (Å²) in [4.78, 5) is 11.4. The lowest BCUT2D eigenvalue weighted by Gasteiger charge is -2.21. The van der Waals surface area contributed by atoms with Gasteiger partial charge < -0.3 is 15.7 Å². The molecular weight excluding hydrogens is 204 g/mol. The van der Waals surface area contributed by atoms with E-state index in [0.29, 0.717) is 13.0 Å². The summed E-state index contributed by atoms with van der Waals surface area (Å²) < 4.78 is 0. The monoisotopic (exact) mass is 230 g/mol. The van der Waals surface area contributed by atoms with E-state index in [1.165, 1.54) is 0 Å². The van der Waals surface area contributed by atoms with Crippen molar-refractivity contribution in [3.05, 3.63) is 0 Å². The standard InChI is InChI=1S/C12H26N2O2/c1-5-10(2)14-11(16)6-7-13-8-12(3,4)9-15/h10,13,15H,5-9H2,1-4H3,(H,14,16). The van der Waals surface area contributed by atoms with Crippen LogP contribution < -0.4 is 10.6 Å². The predicted octanol–water partition coefficient (Wildman–Crippen LogP) is 0.899. The minimum atomic E-state index is -0.118. The van der Waals surface area contributed by atoms with E-state index in [-0.39, 0.29) is 24.0 Å². The Morgan fingerprint density at radius 2 is 2.06 bits per heavy atom. The molecule has 16 heavy (non-hydrogen) atoms. The summed E-state index contributed by atoms with van der Waals surface area (Å²) >= 11 is 0. The highest BCUT2D eigenvalue weighted by Gasteiger charge is 2.15. The van der Waals surface area contributed by atoms with Crippen LogP contribution in [-0.4, -0.2) is 36.8 Å². The Hall–Kier alpha value is -0.610. The molecule has 0 saturated heterocycles. The molecule has 4 heteroatoms. The van der Waals surface area contributed by atoms with Crippen molar-refractivity contribution < 1.29 is 9.90 Å². The van der Waals surface area contributed by atoms with Gasteiger partial charge >= 0.3 is 0 Å². The molecule has 4 nitrogen and oxygen atoms in total. The second-order valence-corrected chi connectivity index (χ2v) is 5.13. The fraction of sp³-hybridized carbons (Fsp3) is 0.917. The van der Waals surface area contributed by atoms with Gasteiger partial charge in [-0.25, -0.2) is 0 Å².